The van der Waals surface area contributed by atoms with Gasteiger partial charge >= 0.3 is 0 Å². The largest absolute Gasteiger partial charge is 0.244 e. The van der Waals surface area contributed by atoms with Crippen LogP contribution >= 0.6 is 39.1 Å². The molecular formula is C11H14BrCl2NO2S. The van der Waals surface area contributed by atoms with Crippen molar-refractivity contribution < 1.29 is 8.42 Å². The van der Waals surface area contributed by atoms with E-state index in [0.717, 1.165) is 11.8 Å². The molecule has 0 N–H and O–H groups in total. The van der Waals surface area contributed by atoms with E-state index in [2.05, 4.69) is 15.9 Å². The first-order chi connectivity index (χ1) is 8.43. The molecular weight excluding hydrogens is 361 g/mol. The molecule has 0 fully saturated rings. The standard InChI is InChI=1S/C11H14BrCl2NO2S/c1-2-15(7-3-6-12)18(16,17)11-8-9(13)4-5-10(11)14/h4-5,8H,2-3,6-7H2,1H3. The molecule has 0 saturated carbocycles. The molecule has 0 aromatic heterocycles. The number of hydrogen-bond acceptors (Lipinski definition) is 2. The third-order valence-corrected chi connectivity index (χ3v) is 5.66. The fraction of sp³-hybridized carbons (Fsp3) is 0.455. The molecule has 0 bridgehead atoms. The minimum Gasteiger partial charge on any atom is -0.207 e. The van der Waals surface area contributed by atoms with Crippen molar-refractivity contribution in [2.75, 3.05) is 18.4 Å². The molecule has 0 radical (unpaired) electrons. The van der Waals surface area contributed by atoms with Gasteiger partial charge in [0.2, 0.25) is 10.0 Å². The van der Waals surface area contributed by atoms with Gasteiger partial charge in [-0.1, -0.05) is 46.1 Å². The maximum absolute atomic E-state index is 12.4. The van der Waals surface area contributed by atoms with E-state index < -0.39 is 10.0 Å². The molecule has 0 atom stereocenters. The summed E-state index contributed by atoms with van der Waals surface area (Å²) in [5.74, 6) is 0. The van der Waals surface area contributed by atoms with Crippen LogP contribution in [0.15, 0.2) is 23.1 Å². The van der Waals surface area contributed by atoms with E-state index in [1.165, 1.54) is 16.4 Å². The van der Waals surface area contributed by atoms with Crippen LogP contribution in [0.1, 0.15) is 13.3 Å². The van der Waals surface area contributed by atoms with E-state index in [9.17, 15) is 8.42 Å². The molecule has 0 aliphatic carbocycles. The lowest BCUT2D eigenvalue weighted by Crippen LogP contribution is -2.32. The van der Waals surface area contributed by atoms with Gasteiger partial charge in [-0.25, -0.2) is 8.42 Å². The second kappa shape index (κ2) is 7.10. The zero-order valence-electron chi connectivity index (χ0n) is 9.87. The van der Waals surface area contributed by atoms with Crippen LogP contribution in [-0.2, 0) is 10.0 Å². The summed E-state index contributed by atoms with van der Waals surface area (Å²) in [6, 6.07) is 4.45. The number of alkyl halides is 1. The molecule has 0 unspecified atom stereocenters. The second-order valence-electron chi connectivity index (χ2n) is 3.61. The third-order valence-electron chi connectivity index (χ3n) is 2.40. The second-order valence-corrected chi connectivity index (χ2v) is 7.16. The number of hydrogen-bond donors (Lipinski definition) is 0. The number of sulfonamides is 1. The summed E-state index contributed by atoms with van der Waals surface area (Å²) >= 11 is 15.1. The lowest BCUT2D eigenvalue weighted by atomic mass is 10.4. The smallest absolute Gasteiger partial charge is 0.207 e. The number of halogens is 3. The van der Waals surface area contributed by atoms with Gasteiger partial charge in [-0.15, -0.1) is 0 Å². The average molecular weight is 375 g/mol. The highest BCUT2D eigenvalue weighted by atomic mass is 79.9. The van der Waals surface area contributed by atoms with Gasteiger partial charge < -0.3 is 0 Å². The van der Waals surface area contributed by atoms with Crippen LogP contribution in [0.25, 0.3) is 0 Å². The highest BCUT2D eigenvalue weighted by Crippen LogP contribution is 2.27. The Balaban J connectivity index is 3.14. The molecule has 0 aliphatic rings. The van der Waals surface area contributed by atoms with Crippen LogP contribution in [0.3, 0.4) is 0 Å². The summed E-state index contributed by atoms with van der Waals surface area (Å²) < 4.78 is 26.2. The Hall–Kier alpha value is 0.190. The Morgan fingerprint density at radius 3 is 2.56 bits per heavy atom. The molecule has 1 aromatic carbocycles. The van der Waals surface area contributed by atoms with Crippen molar-refractivity contribution in [3.8, 4) is 0 Å². The van der Waals surface area contributed by atoms with Crippen molar-refractivity contribution in [1.82, 2.24) is 4.31 Å². The molecule has 1 rings (SSSR count). The predicted molar refractivity (Wildman–Crippen MR) is 79.3 cm³/mol. The summed E-state index contributed by atoms with van der Waals surface area (Å²) in [4.78, 5) is 0.0630. The van der Waals surface area contributed by atoms with Crippen molar-refractivity contribution in [3.05, 3.63) is 28.2 Å². The maximum atomic E-state index is 12.4. The zero-order valence-corrected chi connectivity index (χ0v) is 13.8. The van der Waals surface area contributed by atoms with Crippen LogP contribution < -0.4 is 0 Å². The SMILES string of the molecule is CCN(CCCBr)S(=O)(=O)c1cc(Cl)ccc1Cl. The van der Waals surface area contributed by atoms with Crippen LogP contribution in [0.5, 0.6) is 0 Å². The van der Waals surface area contributed by atoms with Gasteiger partial charge in [-0.05, 0) is 24.6 Å². The predicted octanol–water partition coefficient (Wildman–Crippen LogP) is 3.79. The van der Waals surface area contributed by atoms with E-state index in [0.29, 0.717) is 18.1 Å². The van der Waals surface area contributed by atoms with Crippen LogP contribution in [0.4, 0.5) is 0 Å². The van der Waals surface area contributed by atoms with Crippen molar-refractivity contribution in [2.45, 2.75) is 18.2 Å². The number of nitrogens with zero attached hydrogens (tertiary/aromatic N) is 1. The Kier molecular flexibility index (Phi) is 6.41. The summed E-state index contributed by atoms with van der Waals surface area (Å²) in [7, 11) is -3.58. The van der Waals surface area contributed by atoms with Crippen molar-refractivity contribution >= 4 is 49.2 Å². The molecule has 0 heterocycles. The lowest BCUT2D eigenvalue weighted by Gasteiger charge is -2.20. The summed E-state index contributed by atoms with van der Waals surface area (Å²) in [5, 5.41) is 1.30. The lowest BCUT2D eigenvalue weighted by molar-refractivity contribution is 0.428. The Bertz CT molecular complexity index is 508. The van der Waals surface area contributed by atoms with E-state index >= 15 is 0 Å². The average Bonchev–Trinajstić information content (AvgIpc) is 2.33. The van der Waals surface area contributed by atoms with E-state index in [-0.39, 0.29) is 9.92 Å². The molecule has 0 aliphatic heterocycles. The minimum atomic E-state index is -3.58. The topological polar surface area (TPSA) is 37.4 Å². The van der Waals surface area contributed by atoms with Gasteiger partial charge in [0.25, 0.3) is 0 Å². The molecule has 7 heteroatoms. The van der Waals surface area contributed by atoms with E-state index in [1.807, 2.05) is 0 Å². The molecule has 0 amide bonds. The zero-order chi connectivity index (χ0) is 13.8. The Morgan fingerprint density at radius 1 is 1.33 bits per heavy atom. The van der Waals surface area contributed by atoms with Crippen LogP contribution in [-0.4, -0.2) is 31.1 Å². The fourth-order valence-corrected chi connectivity index (χ4v) is 3.97. The molecule has 3 nitrogen and oxygen atoms in total. The van der Waals surface area contributed by atoms with E-state index in [1.54, 1.807) is 13.0 Å². The molecule has 0 spiro atoms. The van der Waals surface area contributed by atoms with Crippen molar-refractivity contribution in [2.24, 2.45) is 0 Å². The first kappa shape index (κ1) is 16.2. The van der Waals surface area contributed by atoms with Gasteiger partial charge in [0.05, 0.1) is 5.02 Å². The Labute approximate surface area is 126 Å². The van der Waals surface area contributed by atoms with Gasteiger partial charge in [0.1, 0.15) is 4.90 Å². The van der Waals surface area contributed by atoms with Gasteiger partial charge in [-0.3, -0.25) is 0 Å². The quantitative estimate of drug-likeness (QED) is 0.710. The molecule has 0 saturated heterocycles. The minimum absolute atomic E-state index is 0.0630. The fourth-order valence-electron chi connectivity index (χ4n) is 1.50. The highest BCUT2D eigenvalue weighted by molar-refractivity contribution is 9.09. The van der Waals surface area contributed by atoms with Crippen LogP contribution in [0.2, 0.25) is 10.0 Å². The maximum Gasteiger partial charge on any atom is 0.244 e. The van der Waals surface area contributed by atoms with Gasteiger partial charge in [-0.2, -0.15) is 4.31 Å². The summed E-state index contributed by atoms with van der Waals surface area (Å²) in [5.41, 5.74) is 0. The Morgan fingerprint density at radius 2 is 2.00 bits per heavy atom. The number of benzene rings is 1. The first-order valence-corrected chi connectivity index (χ1v) is 8.76. The molecule has 102 valence electrons. The van der Waals surface area contributed by atoms with Crippen molar-refractivity contribution in [3.63, 3.8) is 0 Å². The molecule has 18 heavy (non-hydrogen) atoms. The summed E-state index contributed by atoms with van der Waals surface area (Å²) in [6.45, 7) is 2.65. The van der Waals surface area contributed by atoms with Gasteiger partial charge in [0, 0.05) is 23.4 Å². The monoisotopic (exact) mass is 373 g/mol. The van der Waals surface area contributed by atoms with E-state index in [4.69, 9.17) is 23.2 Å². The van der Waals surface area contributed by atoms with Crippen LogP contribution in [0, 0.1) is 0 Å². The molecule has 1 aromatic rings. The third kappa shape index (κ3) is 3.84. The van der Waals surface area contributed by atoms with Crippen molar-refractivity contribution in [1.29, 1.82) is 0 Å². The summed E-state index contributed by atoms with van der Waals surface area (Å²) in [6.07, 6.45) is 0.741. The van der Waals surface area contributed by atoms with Gasteiger partial charge in [0.15, 0.2) is 0 Å². The highest BCUT2D eigenvalue weighted by Gasteiger charge is 2.25. The number of rotatable bonds is 6. The first-order valence-electron chi connectivity index (χ1n) is 5.44. The normalized spacial score (nSPS) is 12.1.